The predicted octanol–water partition coefficient (Wildman–Crippen LogP) is 1.70. The lowest BCUT2D eigenvalue weighted by atomic mass is 10.0. The minimum Gasteiger partial charge on any atom is -0.272 e. The van der Waals surface area contributed by atoms with Crippen LogP contribution < -0.4 is 0 Å². The summed E-state index contributed by atoms with van der Waals surface area (Å²) in [6, 6.07) is 0. The Morgan fingerprint density at radius 1 is 0.643 bits per heavy atom. The minimum atomic E-state index is -0.854. The van der Waals surface area contributed by atoms with Crippen LogP contribution in [-0.2, 0) is 19.2 Å². The van der Waals surface area contributed by atoms with Gasteiger partial charge in [-0.05, 0) is 0 Å². The fourth-order valence-electron chi connectivity index (χ4n) is 1.98. The molecule has 0 fully saturated rings. The maximum atomic E-state index is 12.0. The van der Waals surface area contributed by atoms with Crippen molar-refractivity contribution in [2.24, 2.45) is 20.0 Å². The van der Waals surface area contributed by atoms with Crippen molar-refractivity contribution in [1.82, 2.24) is 0 Å². The van der Waals surface area contributed by atoms with Crippen LogP contribution in [0.4, 0.5) is 0 Å². The summed E-state index contributed by atoms with van der Waals surface area (Å²) in [5.41, 5.74) is 0.961. The van der Waals surface area contributed by atoms with E-state index < -0.39 is 23.6 Å². The van der Waals surface area contributed by atoms with Gasteiger partial charge in [-0.2, -0.15) is 0 Å². The topological polar surface area (TPSA) is 118 Å². The fourth-order valence-corrected chi connectivity index (χ4v) is 1.98. The predicted molar refractivity (Wildman–Crippen MR) is 107 cm³/mol. The number of fused-ring (bicyclic) bond motifs is 1. The molecule has 8 heteroatoms. The standard InChI is InChI=1S/C20H16N4O4/c25-17-10-4-2-1-3-5-11-18(26)24-16-9-7-6-8-15(16)12-21-19(27)14-23-20(28)13-22-17/h1-8,11-14H,9-10H2/b3-1-,4-2-,11-5-,21-12?,22-13?,23-14?,24-16?. The summed E-state index contributed by atoms with van der Waals surface area (Å²) in [6.45, 7) is 0. The quantitative estimate of drug-likeness (QED) is 0.639. The van der Waals surface area contributed by atoms with Gasteiger partial charge < -0.3 is 0 Å². The molecule has 0 bridgehead atoms. The zero-order valence-electron chi connectivity index (χ0n) is 14.8. The molecule has 2 aliphatic rings. The largest absolute Gasteiger partial charge is 0.288 e. The molecule has 0 spiro atoms. The van der Waals surface area contributed by atoms with Crippen molar-refractivity contribution >= 4 is 48.0 Å². The number of carbonyl (C=O) groups is 4. The maximum absolute atomic E-state index is 12.0. The minimum absolute atomic E-state index is 0.0139. The van der Waals surface area contributed by atoms with Gasteiger partial charge in [-0.15, -0.1) is 0 Å². The Balaban J connectivity index is 2.28. The second-order valence-corrected chi connectivity index (χ2v) is 5.37. The highest BCUT2D eigenvalue weighted by Gasteiger charge is 2.09. The van der Waals surface area contributed by atoms with Crippen LogP contribution in [0.1, 0.15) is 12.8 Å². The summed E-state index contributed by atoms with van der Waals surface area (Å²) in [6.07, 6.45) is 17.6. The summed E-state index contributed by atoms with van der Waals surface area (Å²) in [5.74, 6) is -2.64. The van der Waals surface area contributed by atoms with E-state index in [1.165, 1.54) is 18.4 Å². The van der Waals surface area contributed by atoms with E-state index in [1.807, 2.05) is 6.08 Å². The summed E-state index contributed by atoms with van der Waals surface area (Å²) in [4.78, 5) is 61.1. The van der Waals surface area contributed by atoms with Crippen LogP contribution in [0.15, 0.2) is 80.2 Å². The Kier molecular flexibility index (Phi) is 7.94. The van der Waals surface area contributed by atoms with E-state index >= 15 is 0 Å². The van der Waals surface area contributed by atoms with Gasteiger partial charge in [0, 0.05) is 30.7 Å². The van der Waals surface area contributed by atoms with Gasteiger partial charge in [0.05, 0.1) is 18.1 Å². The molecule has 1 aliphatic carbocycles. The molecule has 0 unspecified atom stereocenters. The average Bonchev–Trinajstić information content (AvgIpc) is 2.68. The third-order valence-electron chi connectivity index (χ3n) is 3.25. The van der Waals surface area contributed by atoms with Gasteiger partial charge in [-0.25, -0.2) is 20.0 Å². The number of allylic oxidation sites excluding steroid dienone is 8. The van der Waals surface area contributed by atoms with Crippen LogP contribution in [0.2, 0.25) is 0 Å². The Morgan fingerprint density at radius 3 is 2.14 bits per heavy atom. The van der Waals surface area contributed by atoms with Gasteiger partial charge in [0.25, 0.3) is 17.7 Å². The third-order valence-corrected chi connectivity index (χ3v) is 3.25. The van der Waals surface area contributed by atoms with E-state index in [9.17, 15) is 19.2 Å². The highest BCUT2D eigenvalue weighted by atomic mass is 16.2. The third kappa shape index (κ3) is 7.52. The van der Waals surface area contributed by atoms with Crippen molar-refractivity contribution < 1.29 is 19.2 Å². The molecule has 1 aliphatic heterocycles. The van der Waals surface area contributed by atoms with Crippen LogP contribution in [0.5, 0.6) is 0 Å². The number of hydrogen-bond acceptors (Lipinski definition) is 4. The first-order valence-corrected chi connectivity index (χ1v) is 8.26. The van der Waals surface area contributed by atoms with Crippen molar-refractivity contribution in [2.45, 2.75) is 12.8 Å². The normalized spacial score (nSPS) is 22.3. The number of nitrogens with zero attached hydrogens (tertiary/aromatic N) is 4. The van der Waals surface area contributed by atoms with Crippen LogP contribution in [0.3, 0.4) is 0 Å². The van der Waals surface area contributed by atoms with Gasteiger partial charge in [0.1, 0.15) is 0 Å². The monoisotopic (exact) mass is 376 g/mol. The van der Waals surface area contributed by atoms with E-state index in [-0.39, 0.29) is 6.42 Å². The van der Waals surface area contributed by atoms with E-state index in [4.69, 9.17) is 0 Å². The van der Waals surface area contributed by atoms with Crippen molar-refractivity contribution in [2.75, 3.05) is 0 Å². The number of hydrogen-bond donors (Lipinski definition) is 0. The molecule has 0 aromatic rings. The molecule has 0 aromatic heterocycles. The summed E-state index contributed by atoms with van der Waals surface area (Å²) >= 11 is 0. The van der Waals surface area contributed by atoms with Crippen LogP contribution in [0, 0.1) is 0 Å². The van der Waals surface area contributed by atoms with Gasteiger partial charge in [0.2, 0.25) is 5.91 Å². The molecule has 0 radical (unpaired) electrons. The molecule has 0 atom stereocenters. The zero-order valence-corrected chi connectivity index (χ0v) is 14.8. The van der Waals surface area contributed by atoms with Gasteiger partial charge >= 0.3 is 0 Å². The molecule has 1 heterocycles. The Hall–Kier alpha value is -3.94. The number of rotatable bonds is 0. The molecule has 0 saturated carbocycles. The van der Waals surface area contributed by atoms with Gasteiger partial charge in [-0.1, -0.05) is 48.6 Å². The highest BCUT2D eigenvalue weighted by Crippen LogP contribution is 2.09. The smallest absolute Gasteiger partial charge is 0.272 e. The molecular weight excluding hydrogens is 360 g/mol. The lowest BCUT2D eigenvalue weighted by Crippen LogP contribution is -2.10. The highest BCUT2D eigenvalue weighted by molar-refractivity contribution is 6.37. The van der Waals surface area contributed by atoms with Crippen molar-refractivity contribution in [3.8, 4) is 0 Å². The first kappa shape index (κ1) is 20.4. The van der Waals surface area contributed by atoms with Crippen molar-refractivity contribution in [3.63, 3.8) is 0 Å². The summed E-state index contributed by atoms with van der Waals surface area (Å²) < 4.78 is 0. The molecule has 0 saturated heterocycles. The SMILES string of the molecule is O=C1C=NC(=O)C=NC(=O)C\C=C/C=C\C=C/C(=O)N=C2CC=CC=C2C=N1. The van der Waals surface area contributed by atoms with Crippen LogP contribution >= 0.6 is 0 Å². The lowest BCUT2D eigenvalue weighted by Gasteiger charge is -2.06. The van der Waals surface area contributed by atoms with Crippen molar-refractivity contribution in [1.29, 1.82) is 0 Å². The summed E-state index contributed by atoms with van der Waals surface area (Å²) in [7, 11) is 0. The molecule has 0 N–H and O–H groups in total. The van der Waals surface area contributed by atoms with Gasteiger partial charge in [0.15, 0.2) is 0 Å². The van der Waals surface area contributed by atoms with E-state index in [2.05, 4.69) is 20.0 Å². The number of aliphatic imine (C=N–C) groups is 4. The van der Waals surface area contributed by atoms with Crippen molar-refractivity contribution in [3.05, 3.63) is 60.3 Å². The van der Waals surface area contributed by atoms with E-state index in [1.54, 1.807) is 36.5 Å². The second-order valence-electron chi connectivity index (χ2n) is 5.37. The molecule has 4 amide bonds. The Bertz CT molecular complexity index is 941. The molecule has 0 aromatic carbocycles. The Morgan fingerprint density at radius 2 is 1.32 bits per heavy atom. The molecule has 8 nitrogen and oxygen atoms in total. The average molecular weight is 376 g/mol. The summed E-state index contributed by atoms with van der Waals surface area (Å²) in [5, 5.41) is 0. The molecule has 140 valence electrons. The van der Waals surface area contributed by atoms with E-state index in [0.29, 0.717) is 17.7 Å². The lowest BCUT2D eigenvalue weighted by molar-refractivity contribution is -0.117. The second kappa shape index (κ2) is 10.9. The van der Waals surface area contributed by atoms with Crippen LogP contribution in [0.25, 0.3) is 0 Å². The van der Waals surface area contributed by atoms with Gasteiger partial charge in [-0.3, -0.25) is 19.2 Å². The molecular formula is C20H16N4O4. The first-order chi connectivity index (χ1) is 13.5. The molecule has 28 heavy (non-hydrogen) atoms. The fraction of sp³-hybridized carbons (Fsp3) is 0.100. The number of amides is 4. The molecule has 2 rings (SSSR count). The van der Waals surface area contributed by atoms with E-state index in [0.717, 1.165) is 12.4 Å². The first-order valence-electron chi connectivity index (χ1n) is 8.26. The van der Waals surface area contributed by atoms with Crippen LogP contribution in [-0.4, -0.2) is 48.0 Å². The zero-order chi connectivity index (χ0) is 20.2. The number of carbonyl (C=O) groups excluding carboxylic acids is 4. The maximum Gasteiger partial charge on any atom is 0.288 e. The Labute approximate surface area is 160 Å².